The first kappa shape index (κ1) is 12.0. The van der Waals surface area contributed by atoms with E-state index >= 15 is 0 Å². The molecule has 0 aliphatic rings. The van der Waals surface area contributed by atoms with Crippen molar-refractivity contribution in [1.29, 1.82) is 5.41 Å². The van der Waals surface area contributed by atoms with E-state index in [4.69, 9.17) is 11.1 Å². The first-order chi connectivity index (χ1) is 7.52. The predicted molar refractivity (Wildman–Crippen MR) is 62.5 cm³/mol. The van der Waals surface area contributed by atoms with E-state index in [9.17, 15) is 4.79 Å². The predicted octanol–water partition coefficient (Wildman–Crippen LogP) is 0.989. The number of nitrogens with one attached hydrogen (secondary N) is 1. The van der Waals surface area contributed by atoms with Gasteiger partial charge in [0.25, 0.3) is 0 Å². The average Bonchev–Trinajstić information content (AvgIpc) is 2.28. The summed E-state index contributed by atoms with van der Waals surface area (Å²) in [5.74, 6) is -0.843. The van der Waals surface area contributed by atoms with E-state index < -0.39 is 0 Å². The Balaban J connectivity index is 2.86. The normalized spacial score (nSPS) is 11.6. The molecule has 5 heteroatoms. The zero-order chi connectivity index (χ0) is 12.1. The highest BCUT2D eigenvalue weighted by atomic mass is 16.1. The third-order valence-electron chi connectivity index (χ3n) is 1.92. The number of amidine groups is 2. The topological polar surface area (TPSA) is 92.2 Å². The van der Waals surface area contributed by atoms with Crippen LogP contribution < -0.4 is 5.73 Å². The molecule has 0 atom stereocenters. The number of rotatable bonds is 3. The summed E-state index contributed by atoms with van der Waals surface area (Å²) in [6.07, 6.45) is 1.57. The summed E-state index contributed by atoms with van der Waals surface area (Å²) in [7, 11) is 0. The van der Waals surface area contributed by atoms with Crippen molar-refractivity contribution >= 4 is 17.5 Å². The highest BCUT2D eigenvalue weighted by Gasteiger charge is 2.13. The summed E-state index contributed by atoms with van der Waals surface area (Å²) in [4.78, 5) is 19.1. The van der Waals surface area contributed by atoms with Crippen molar-refractivity contribution < 1.29 is 4.79 Å². The quantitative estimate of drug-likeness (QED) is 0.585. The number of ketones is 1. The molecule has 84 valence electrons. The van der Waals surface area contributed by atoms with Crippen LogP contribution in [0, 0.1) is 11.3 Å². The summed E-state index contributed by atoms with van der Waals surface area (Å²) in [5, 5.41) is 7.46. The van der Waals surface area contributed by atoms with Gasteiger partial charge in [0.1, 0.15) is 5.69 Å². The van der Waals surface area contributed by atoms with Gasteiger partial charge in [-0.05, 0) is 12.1 Å². The Hall–Kier alpha value is -2.04. The van der Waals surface area contributed by atoms with Gasteiger partial charge in [0, 0.05) is 12.1 Å². The third-order valence-corrected chi connectivity index (χ3v) is 1.92. The van der Waals surface area contributed by atoms with Gasteiger partial charge in [-0.2, -0.15) is 0 Å². The van der Waals surface area contributed by atoms with Crippen LogP contribution in [0.4, 0.5) is 0 Å². The zero-order valence-corrected chi connectivity index (χ0v) is 9.27. The molecule has 0 bridgehead atoms. The van der Waals surface area contributed by atoms with Gasteiger partial charge in [0.2, 0.25) is 5.78 Å². The summed E-state index contributed by atoms with van der Waals surface area (Å²) < 4.78 is 0. The number of aromatic nitrogens is 1. The molecule has 0 unspecified atom stereocenters. The number of Topliss-reactive ketones (excluding diaryl/α,β-unsaturated/α-hetero) is 1. The molecule has 16 heavy (non-hydrogen) atoms. The van der Waals surface area contributed by atoms with Crippen molar-refractivity contribution in [3.8, 4) is 0 Å². The Labute approximate surface area is 93.9 Å². The molecule has 1 aromatic heterocycles. The van der Waals surface area contributed by atoms with Gasteiger partial charge in [-0.15, -0.1) is 0 Å². The van der Waals surface area contributed by atoms with Gasteiger partial charge in [-0.1, -0.05) is 19.9 Å². The molecule has 0 aromatic carbocycles. The van der Waals surface area contributed by atoms with E-state index in [-0.39, 0.29) is 23.4 Å². The van der Waals surface area contributed by atoms with Gasteiger partial charge >= 0.3 is 0 Å². The van der Waals surface area contributed by atoms with Gasteiger partial charge in [-0.25, -0.2) is 4.99 Å². The fraction of sp³-hybridized carbons (Fsp3) is 0.273. The number of carbonyl (C=O) groups is 1. The van der Waals surface area contributed by atoms with Crippen molar-refractivity contribution in [1.82, 2.24) is 4.98 Å². The Morgan fingerprint density at radius 3 is 2.69 bits per heavy atom. The molecular weight excluding hydrogens is 204 g/mol. The van der Waals surface area contributed by atoms with Crippen LogP contribution in [-0.2, 0) is 4.79 Å². The fourth-order valence-corrected chi connectivity index (χ4v) is 1.02. The minimum Gasteiger partial charge on any atom is -0.382 e. The lowest BCUT2D eigenvalue weighted by Crippen LogP contribution is -2.23. The van der Waals surface area contributed by atoms with Crippen LogP contribution in [0.2, 0.25) is 0 Å². The van der Waals surface area contributed by atoms with Crippen LogP contribution in [0.5, 0.6) is 0 Å². The number of nitrogens with two attached hydrogens (primary N) is 1. The number of aliphatic imine (C=N–C) groups is 1. The van der Waals surface area contributed by atoms with Crippen molar-refractivity contribution in [2.45, 2.75) is 13.8 Å². The van der Waals surface area contributed by atoms with Crippen LogP contribution in [0.3, 0.4) is 0 Å². The maximum absolute atomic E-state index is 11.4. The van der Waals surface area contributed by atoms with E-state index in [0.29, 0.717) is 5.69 Å². The van der Waals surface area contributed by atoms with E-state index in [1.54, 1.807) is 38.2 Å². The molecule has 0 fully saturated rings. The zero-order valence-electron chi connectivity index (χ0n) is 9.27. The number of hydrogen-bond donors (Lipinski definition) is 2. The molecule has 0 radical (unpaired) electrons. The summed E-state index contributed by atoms with van der Waals surface area (Å²) in [6.45, 7) is 3.42. The van der Waals surface area contributed by atoms with Crippen LogP contribution in [-0.4, -0.2) is 22.4 Å². The van der Waals surface area contributed by atoms with E-state index in [0.717, 1.165) is 0 Å². The molecule has 0 aliphatic heterocycles. The standard InChI is InChI=1S/C11H14N4O/c1-7(2)9(16)11(13)15-10(12)8-5-3-4-6-14-8/h3-7H,1-2H3,(H3,12,13,15). The van der Waals surface area contributed by atoms with Gasteiger partial charge < -0.3 is 5.73 Å². The van der Waals surface area contributed by atoms with Crippen LogP contribution in [0.15, 0.2) is 29.4 Å². The summed E-state index contributed by atoms with van der Waals surface area (Å²) in [5.41, 5.74) is 6.09. The van der Waals surface area contributed by atoms with Crippen molar-refractivity contribution in [3.05, 3.63) is 30.1 Å². The number of pyridine rings is 1. The van der Waals surface area contributed by atoms with E-state index in [1.165, 1.54) is 0 Å². The Morgan fingerprint density at radius 1 is 1.50 bits per heavy atom. The monoisotopic (exact) mass is 218 g/mol. The SMILES string of the molecule is CC(C)C(=O)C(=N)/N=C(\N)c1ccccn1. The fourth-order valence-electron chi connectivity index (χ4n) is 1.02. The molecular formula is C11H14N4O. The Kier molecular flexibility index (Phi) is 3.88. The van der Waals surface area contributed by atoms with Gasteiger partial charge in [0.15, 0.2) is 11.7 Å². The number of carbonyl (C=O) groups excluding carboxylic acids is 1. The molecule has 0 saturated heterocycles. The first-order valence-corrected chi connectivity index (χ1v) is 4.90. The maximum atomic E-state index is 11.4. The molecule has 1 rings (SSSR count). The van der Waals surface area contributed by atoms with Crippen LogP contribution >= 0.6 is 0 Å². The molecule has 3 N–H and O–H groups in total. The minimum atomic E-state index is -0.335. The smallest absolute Gasteiger partial charge is 0.202 e. The van der Waals surface area contributed by atoms with Crippen LogP contribution in [0.1, 0.15) is 19.5 Å². The van der Waals surface area contributed by atoms with Crippen molar-refractivity contribution in [2.75, 3.05) is 0 Å². The highest BCUT2D eigenvalue weighted by molar-refractivity contribution is 6.40. The second-order valence-electron chi connectivity index (χ2n) is 3.58. The lowest BCUT2D eigenvalue weighted by atomic mass is 10.1. The van der Waals surface area contributed by atoms with E-state index in [2.05, 4.69) is 9.98 Å². The molecule has 5 nitrogen and oxygen atoms in total. The van der Waals surface area contributed by atoms with Crippen LogP contribution in [0.25, 0.3) is 0 Å². The van der Waals surface area contributed by atoms with E-state index in [1.807, 2.05) is 0 Å². The van der Waals surface area contributed by atoms with Crippen molar-refractivity contribution in [3.63, 3.8) is 0 Å². The molecule has 0 amide bonds. The largest absolute Gasteiger partial charge is 0.382 e. The number of hydrogen-bond acceptors (Lipinski definition) is 3. The lowest BCUT2D eigenvalue weighted by molar-refractivity contribution is -0.115. The van der Waals surface area contributed by atoms with Gasteiger partial charge in [0.05, 0.1) is 0 Å². The van der Waals surface area contributed by atoms with Gasteiger partial charge in [-0.3, -0.25) is 15.2 Å². The summed E-state index contributed by atoms with van der Waals surface area (Å²) in [6, 6.07) is 5.19. The second kappa shape index (κ2) is 5.16. The highest BCUT2D eigenvalue weighted by Crippen LogP contribution is 1.98. The number of nitrogens with zero attached hydrogens (tertiary/aromatic N) is 2. The summed E-state index contributed by atoms with van der Waals surface area (Å²) >= 11 is 0. The molecule has 0 aliphatic carbocycles. The molecule has 1 heterocycles. The molecule has 1 aromatic rings. The third kappa shape index (κ3) is 2.98. The molecule has 0 saturated carbocycles. The Bertz CT molecular complexity index is 423. The average molecular weight is 218 g/mol. The first-order valence-electron chi connectivity index (χ1n) is 4.90. The Morgan fingerprint density at radius 2 is 2.19 bits per heavy atom. The minimum absolute atomic E-state index is 0.0830. The lowest BCUT2D eigenvalue weighted by Gasteiger charge is -2.02. The molecule has 0 spiro atoms. The second-order valence-corrected chi connectivity index (χ2v) is 3.58. The maximum Gasteiger partial charge on any atom is 0.202 e. The van der Waals surface area contributed by atoms with Crippen molar-refractivity contribution in [2.24, 2.45) is 16.6 Å².